The van der Waals surface area contributed by atoms with E-state index < -0.39 is 0 Å². The Morgan fingerprint density at radius 2 is 2.05 bits per heavy atom. The van der Waals surface area contributed by atoms with Crippen molar-refractivity contribution < 1.29 is 9.13 Å². The van der Waals surface area contributed by atoms with E-state index in [1.54, 1.807) is 6.07 Å². The number of nitrogens with one attached hydrogen (secondary N) is 1. The van der Waals surface area contributed by atoms with Gasteiger partial charge in [0.15, 0.2) is 0 Å². The topological polar surface area (TPSA) is 37.4 Å². The molecule has 1 aliphatic rings. The molecule has 1 N–H and O–H groups in total. The molecule has 1 aliphatic heterocycles. The summed E-state index contributed by atoms with van der Waals surface area (Å²) in [6.07, 6.45) is 1.62. The molecule has 2 heterocycles. The summed E-state index contributed by atoms with van der Waals surface area (Å²) in [6.45, 7) is 10.5. The fourth-order valence-corrected chi connectivity index (χ4v) is 2.55. The molecule has 0 bridgehead atoms. The van der Waals surface area contributed by atoms with Gasteiger partial charge in [-0.3, -0.25) is 0 Å². The molecule has 1 aromatic rings. The molecule has 0 unspecified atom stereocenters. The fourth-order valence-electron chi connectivity index (χ4n) is 2.55. The Balaban J connectivity index is 2.21. The number of rotatable bonds is 4. The van der Waals surface area contributed by atoms with Gasteiger partial charge in [0, 0.05) is 31.2 Å². The maximum atomic E-state index is 13.5. The fraction of sp³-hybridized carbons (Fsp3) is 0.667. The molecule has 5 heteroatoms. The van der Waals surface area contributed by atoms with Crippen LogP contribution in [0.5, 0.6) is 0 Å². The Kier molecular flexibility index (Phi) is 4.94. The molecule has 0 saturated carbocycles. The van der Waals surface area contributed by atoms with Gasteiger partial charge in [0.1, 0.15) is 11.6 Å². The normalized spacial score (nSPS) is 23.4. The highest BCUT2D eigenvalue weighted by molar-refractivity contribution is 5.47. The van der Waals surface area contributed by atoms with E-state index in [0.29, 0.717) is 12.6 Å². The Hall–Kier alpha value is -1.20. The lowest BCUT2D eigenvalue weighted by Gasteiger charge is -2.37. The SMILES string of the molecule is CC(C)NCc1cc(F)cnc1N1C[C@@H](C)O[C@@H](C)C1. The van der Waals surface area contributed by atoms with Crippen molar-refractivity contribution in [1.29, 1.82) is 0 Å². The van der Waals surface area contributed by atoms with Gasteiger partial charge >= 0.3 is 0 Å². The van der Waals surface area contributed by atoms with Crippen molar-refractivity contribution >= 4 is 5.82 Å². The van der Waals surface area contributed by atoms with Crippen LogP contribution in [0, 0.1) is 5.82 Å². The Morgan fingerprint density at radius 3 is 2.65 bits per heavy atom. The van der Waals surface area contributed by atoms with Crippen molar-refractivity contribution in [3.63, 3.8) is 0 Å². The van der Waals surface area contributed by atoms with Gasteiger partial charge in [0.05, 0.1) is 18.4 Å². The Morgan fingerprint density at radius 1 is 1.40 bits per heavy atom. The summed E-state index contributed by atoms with van der Waals surface area (Å²) in [5, 5.41) is 3.33. The monoisotopic (exact) mass is 281 g/mol. The van der Waals surface area contributed by atoms with Crippen LogP contribution in [0.25, 0.3) is 0 Å². The predicted octanol–water partition coefficient (Wildman–Crippen LogP) is 2.33. The van der Waals surface area contributed by atoms with Crippen LogP contribution >= 0.6 is 0 Å². The van der Waals surface area contributed by atoms with Gasteiger partial charge in [-0.05, 0) is 19.9 Å². The molecule has 0 aliphatic carbocycles. The van der Waals surface area contributed by atoms with Crippen molar-refractivity contribution in [2.24, 2.45) is 0 Å². The number of hydrogen-bond acceptors (Lipinski definition) is 4. The first-order valence-electron chi connectivity index (χ1n) is 7.24. The van der Waals surface area contributed by atoms with Crippen molar-refractivity contribution in [2.75, 3.05) is 18.0 Å². The summed E-state index contributed by atoms with van der Waals surface area (Å²) in [6, 6.07) is 1.93. The third kappa shape index (κ3) is 3.90. The molecule has 0 radical (unpaired) electrons. The third-order valence-corrected chi connectivity index (χ3v) is 3.33. The molecule has 2 rings (SSSR count). The highest BCUT2D eigenvalue weighted by Gasteiger charge is 2.25. The van der Waals surface area contributed by atoms with Crippen LogP contribution in [0.3, 0.4) is 0 Å². The smallest absolute Gasteiger partial charge is 0.141 e. The summed E-state index contributed by atoms with van der Waals surface area (Å²) < 4.78 is 19.2. The van der Waals surface area contributed by atoms with Crippen LogP contribution in [-0.4, -0.2) is 36.3 Å². The van der Waals surface area contributed by atoms with E-state index in [-0.39, 0.29) is 18.0 Å². The summed E-state index contributed by atoms with van der Waals surface area (Å²) in [7, 11) is 0. The van der Waals surface area contributed by atoms with Crippen LogP contribution in [0.2, 0.25) is 0 Å². The summed E-state index contributed by atoms with van der Waals surface area (Å²) in [5.74, 6) is 0.574. The molecular formula is C15H24FN3O. The minimum Gasteiger partial charge on any atom is -0.372 e. The summed E-state index contributed by atoms with van der Waals surface area (Å²) in [5.41, 5.74) is 0.903. The van der Waals surface area contributed by atoms with Crippen molar-refractivity contribution in [3.05, 3.63) is 23.6 Å². The molecule has 0 amide bonds. The highest BCUT2D eigenvalue weighted by atomic mass is 19.1. The number of anilines is 1. The second kappa shape index (κ2) is 6.50. The molecule has 1 fully saturated rings. The average molecular weight is 281 g/mol. The van der Waals surface area contributed by atoms with Gasteiger partial charge in [-0.2, -0.15) is 0 Å². The van der Waals surface area contributed by atoms with Crippen molar-refractivity contribution in [2.45, 2.75) is 52.5 Å². The maximum Gasteiger partial charge on any atom is 0.141 e. The first kappa shape index (κ1) is 15.2. The number of pyridine rings is 1. The van der Waals surface area contributed by atoms with E-state index in [4.69, 9.17) is 4.74 Å². The van der Waals surface area contributed by atoms with E-state index in [0.717, 1.165) is 24.5 Å². The highest BCUT2D eigenvalue weighted by Crippen LogP contribution is 2.23. The number of halogens is 1. The van der Waals surface area contributed by atoms with E-state index in [1.807, 2.05) is 0 Å². The van der Waals surface area contributed by atoms with Gasteiger partial charge in [0.25, 0.3) is 0 Å². The largest absolute Gasteiger partial charge is 0.372 e. The molecule has 4 nitrogen and oxygen atoms in total. The predicted molar refractivity (Wildman–Crippen MR) is 78.4 cm³/mol. The zero-order chi connectivity index (χ0) is 14.7. The first-order valence-corrected chi connectivity index (χ1v) is 7.24. The molecule has 0 aromatic carbocycles. The molecule has 112 valence electrons. The minimum atomic E-state index is -0.288. The zero-order valence-corrected chi connectivity index (χ0v) is 12.7. The molecule has 20 heavy (non-hydrogen) atoms. The van der Waals surface area contributed by atoms with Gasteiger partial charge in [-0.15, -0.1) is 0 Å². The standard InChI is InChI=1S/C15H24FN3O/c1-10(2)17-6-13-5-14(16)7-18-15(13)19-8-11(3)20-12(4)9-19/h5,7,10-12,17H,6,8-9H2,1-4H3/t11-,12+. The number of morpholine rings is 1. The number of ether oxygens (including phenoxy) is 1. The lowest BCUT2D eigenvalue weighted by Crippen LogP contribution is -2.46. The molecule has 0 spiro atoms. The number of aromatic nitrogens is 1. The van der Waals surface area contributed by atoms with Crippen LogP contribution in [-0.2, 0) is 11.3 Å². The van der Waals surface area contributed by atoms with E-state index >= 15 is 0 Å². The third-order valence-electron chi connectivity index (χ3n) is 3.33. The van der Waals surface area contributed by atoms with E-state index in [9.17, 15) is 4.39 Å². The Bertz CT molecular complexity index is 443. The average Bonchev–Trinajstić information content (AvgIpc) is 2.35. The number of hydrogen-bond donors (Lipinski definition) is 1. The van der Waals surface area contributed by atoms with Crippen LogP contribution in [0.4, 0.5) is 10.2 Å². The van der Waals surface area contributed by atoms with Crippen LogP contribution in [0.1, 0.15) is 33.3 Å². The van der Waals surface area contributed by atoms with Gasteiger partial charge in [-0.25, -0.2) is 9.37 Å². The second-order valence-corrected chi connectivity index (χ2v) is 5.83. The van der Waals surface area contributed by atoms with E-state index in [2.05, 4.69) is 42.9 Å². The summed E-state index contributed by atoms with van der Waals surface area (Å²) in [4.78, 5) is 6.49. The molecule has 2 atom stereocenters. The lowest BCUT2D eigenvalue weighted by atomic mass is 10.1. The first-order chi connectivity index (χ1) is 9.45. The van der Waals surface area contributed by atoms with E-state index in [1.165, 1.54) is 6.20 Å². The maximum absolute atomic E-state index is 13.5. The molecule has 1 saturated heterocycles. The van der Waals surface area contributed by atoms with Gasteiger partial charge in [0.2, 0.25) is 0 Å². The second-order valence-electron chi connectivity index (χ2n) is 5.83. The van der Waals surface area contributed by atoms with Gasteiger partial charge in [-0.1, -0.05) is 13.8 Å². The number of nitrogens with zero attached hydrogens (tertiary/aromatic N) is 2. The van der Waals surface area contributed by atoms with Crippen molar-refractivity contribution in [3.8, 4) is 0 Å². The minimum absolute atomic E-state index is 0.163. The zero-order valence-electron chi connectivity index (χ0n) is 12.7. The van der Waals surface area contributed by atoms with Gasteiger partial charge < -0.3 is 15.0 Å². The van der Waals surface area contributed by atoms with Crippen LogP contribution < -0.4 is 10.2 Å². The van der Waals surface area contributed by atoms with Crippen molar-refractivity contribution in [1.82, 2.24) is 10.3 Å². The van der Waals surface area contributed by atoms with Crippen LogP contribution in [0.15, 0.2) is 12.3 Å². The lowest BCUT2D eigenvalue weighted by molar-refractivity contribution is -0.00551. The Labute approximate surface area is 120 Å². The molecule has 1 aromatic heterocycles. The summed E-state index contributed by atoms with van der Waals surface area (Å²) >= 11 is 0. The molecular weight excluding hydrogens is 257 g/mol. The quantitative estimate of drug-likeness (QED) is 0.919.